The third-order valence-electron chi connectivity index (χ3n) is 5.44. The molecular formula is C26H40FN5O. The molecule has 0 saturated carbocycles. The molecule has 1 fully saturated rings. The van der Waals surface area contributed by atoms with Crippen LogP contribution in [-0.4, -0.2) is 35.7 Å². The van der Waals surface area contributed by atoms with E-state index in [2.05, 4.69) is 41.3 Å². The summed E-state index contributed by atoms with van der Waals surface area (Å²) < 4.78 is 16.0. The number of fused-ring (bicyclic) bond motifs is 1. The average Bonchev–Trinajstić information content (AvgIpc) is 3.16. The molecule has 2 heterocycles. The Bertz CT molecular complexity index is 1030. The number of para-hydroxylation sites is 1. The Morgan fingerprint density at radius 3 is 2.24 bits per heavy atom. The van der Waals surface area contributed by atoms with Crippen molar-refractivity contribution in [2.45, 2.75) is 60.4 Å². The number of aromatic amines is 1. The highest BCUT2D eigenvalue weighted by atomic mass is 19.1. The van der Waals surface area contributed by atoms with Gasteiger partial charge in [0, 0.05) is 32.7 Å². The first-order valence-corrected chi connectivity index (χ1v) is 12.3. The molecule has 4 rings (SSSR count). The summed E-state index contributed by atoms with van der Waals surface area (Å²) in [6.45, 7) is 14.6. The second kappa shape index (κ2) is 13.7. The van der Waals surface area contributed by atoms with Gasteiger partial charge in [-0.1, -0.05) is 59.6 Å². The molecule has 33 heavy (non-hydrogen) atoms. The van der Waals surface area contributed by atoms with Gasteiger partial charge in [-0.2, -0.15) is 0 Å². The molecule has 0 amide bonds. The molecule has 1 aliphatic heterocycles. The molecule has 0 atom stereocenters. The second-order valence-corrected chi connectivity index (χ2v) is 7.81. The summed E-state index contributed by atoms with van der Waals surface area (Å²) in [6, 6.07) is 10.6. The Hall–Kier alpha value is -2.80. The highest BCUT2D eigenvalue weighted by Gasteiger charge is 2.18. The summed E-state index contributed by atoms with van der Waals surface area (Å²) in [5.74, 6) is -0.305. The van der Waals surface area contributed by atoms with Gasteiger partial charge < -0.3 is 20.5 Å². The maximum atomic E-state index is 14.2. The summed E-state index contributed by atoms with van der Waals surface area (Å²) in [6.07, 6.45) is 3.52. The van der Waals surface area contributed by atoms with E-state index in [0.717, 1.165) is 55.0 Å². The second-order valence-electron chi connectivity index (χ2n) is 7.81. The minimum Gasteiger partial charge on any atom is -0.367 e. The number of rotatable bonds is 6. The fourth-order valence-electron chi connectivity index (χ4n) is 3.61. The van der Waals surface area contributed by atoms with Gasteiger partial charge in [0.25, 0.3) is 0 Å². The summed E-state index contributed by atoms with van der Waals surface area (Å²) >= 11 is 0. The van der Waals surface area contributed by atoms with E-state index in [4.69, 9.17) is 0 Å². The molecule has 182 valence electrons. The summed E-state index contributed by atoms with van der Waals surface area (Å²) in [4.78, 5) is 17.5. The molecule has 6 nitrogen and oxygen atoms in total. The minimum atomic E-state index is -0.305. The van der Waals surface area contributed by atoms with Crippen LogP contribution in [0.2, 0.25) is 0 Å². The molecule has 1 saturated heterocycles. The Kier molecular flexibility index (Phi) is 11.0. The van der Waals surface area contributed by atoms with Gasteiger partial charge in [0.15, 0.2) is 0 Å². The Balaban J connectivity index is 0.000000582. The fourth-order valence-corrected chi connectivity index (χ4v) is 3.61. The Labute approximate surface area is 197 Å². The molecule has 0 bridgehead atoms. The van der Waals surface area contributed by atoms with Crippen LogP contribution in [0.3, 0.4) is 0 Å². The first kappa shape index (κ1) is 26.5. The van der Waals surface area contributed by atoms with Gasteiger partial charge >= 0.3 is 5.69 Å². The van der Waals surface area contributed by atoms with Crippen LogP contribution in [0.4, 0.5) is 21.5 Å². The van der Waals surface area contributed by atoms with Crippen molar-refractivity contribution in [2.24, 2.45) is 0 Å². The summed E-state index contributed by atoms with van der Waals surface area (Å²) in [5, 5.41) is 6.57. The van der Waals surface area contributed by atoms with E-state index >= 15 is 0 Å². The fraction of sp³-hybridized carbons (Fsp3) is 0.500. The first-order valence-electron chi connectivity index (χ1n) is 12.3. The van der Waals surface area contributed by atoms with Gasteiger partial charge in [0.2, 0.25) is 0 Å². The number of piperazine rings is 1. The smallest absolute Gasteiger partial charge is 0.326 e. The van der Waals surface area contributed by atoms with Crippen LogP contribution in [0, 0.1) is 5.82 Å². The lowest BCUT2D eigenvalue weighted by Crippen LogP contribution is -2.43. The molecule has 0 aliphatic carbocycles. The van der Waals surface area contributed by atoms with E-state index in [1.165, 1.54) is 18.9 Å². The molecule has 0 radical (unpaired) electrons. The zero-order valence-corrected chi connectivity index (χ0v) is 20.8. The lowest BCUT2D eigenvalue weighted by atomic mass is 10.1. The number of nitrogens with one attached hydrogen (secondary N) is 3. The van der Waals surface area contributed by atoms with Crippen molar-refractivity contribution >= 4 is 28.1 Å². The number of imidazole rings is 1. The maximum absolute atomic E-state index is 14.2. The number of hydrogen-bond acceptors (Lipinski definition) is 4. The van der Waals surface area contributed by atoms with Crippen molar-refractivity contribution < 1.29 is 4.39 Å². The van der Waals surface area contributed by atoms with E-state index in [1.807, 2.05) is 26.0 Å². The van der Waals surface area contributed by atoms with Gasteiger partial charge in [-0.15, -0.1) is 0 Å². The van der Waals surface area contributed by atoms with E-state index in [-0.39, 0.29) is 11.5 Å². The number of anilines is 3. The van der Waals surface area contributed by atoms with Gasteiger partial charge in [-0.25, -0.2) is 9.18 Å². The predicted molar refractivity (Wildman–Crippen MR) is 140 cm³/mol. The lowest BCUT2D eigenvalue weighted by molar-refractivity contribution is 0.589. The summed E-state index contributed by atoms with van der Waals surface area (Å²) in [5.41, 5.74) is 3.72. The number of unbranched alkanes of at least 4 members (excludes halogenated alkanes) is 1. The third kappa shape index (κ3) is 6.84. The van der Waals surface area contributed by atoms with Crippen molar-refractivity contribution in [1.82, 2.24) is 14.9 Å². The lowest BCUT2D eigenvalue weighted by Gasteiger charge is -2.31. The topological polar surface area (TPSA) is 65.1 Å². The summed E-state index contributed by atoms with van der Waals surface area (Å²) in [7, 11) is 0. The first-order chi connectivity index (χ1) is 16.1. The number of halogens is 1. The highest BCUT2D eigenvalue weighted by molar-refractivity contribution is 5.90. The van der Waals surface area contributed by atoms with E-state index < -0.39 is 0 Å². The number of hydrogen-bond donors (Lipinski definition) is 3. The van der Waals surface area contributed by atoms with Crippen LogP contribution in [0.25, 0.3) is 11.0 Å². The van der Waals surface area contributed by atoms with Crippen molar-refractivity contribution in [3.8, 4) is 0 Å². The van der Waals surface area contributed by atoms with E-state index in [0.29, 0.717) is 12.2 Å². The molecule has 1 aliphatic rings. The van der Waals surface area contributed by atoms with Gasteiger partial charge in [0.05, 0.1) is 28.1 Å². The number of H-pyrrole nitrogens is 1. The zero-order chi connectivity index (χ0) is 24.2. The predicted octanol–water partition coefficient (Wildman–Crippen LogP) is 5.86. The van der Waals surface area contributed by atoms with Crippen LogP contribution < -0.4 is 21.2 Å². The van der Waals surface area contributed by atoms with Gasteiger partial charge in [-0.05, 0) is 30.7 Å². The maximum Gasteiger partial charge on any atom is 0.326 e. The standard InChI is InChI=1S/C20H24FN5O.C4H10.C2H6/c1-2-9-26-19-13-18(25-10-7-22-8-11-25)16(12-17(19)24-20(26)27)23-15-6-4-3-5-14(15)21;1-3-4-2;1-2/h3-6,12-13,22-23H,2,7-11H2,1H3,(H,24,27);3-4H2,1-2H3;1-2H3. The highest BCUT2D eigenvalue weighted by Crippen LogP contribution is 2.33. The molecule has 0 spiro atoms. The Morgan fingerprint density at radius 1 is 0.970 bits per heavy atom. The zero-order valence-electron chi connectivity index (χ0n) is 20.8. The molecule has 2 aromatic carbocycles. The molecular weight excluding hydrogens is 417 g/mol. The van der Waals surface area contributed by atoms with Crippen LogP contribution in [-0.2, 0) is 6.54 Å². The minimum absolute atomic E-state index is 0.110. The van der Waals surface area contributed by atoms with Crippen molar-refractivity contribution in [1.29, 1.82) is 0 Å². The van der Waals surface area contributed by atoms with Crippen LogP contribution >= 0.6 is 0 Å². The van der Waals surface area contributed by atoms with Crippen molar-refractivity contribution in [2.75, 3.05) is 36.4 Å². The van der Waals surface area contributed by atoms with E-state index in [9.17, 15) is 9.18 Å². The number of nitrogens with zero attached hydrogens (tertiary/aromatic N) is 2. The monoisotopic (exact) mass is 457 g/mol. The quantitative estimate of drug-likeness (QED) is 0.433. The number of benzene rings is 2. The number of aromatic nitrogens is 2. The molecule has 3 aromatic rings. The van der Waals surface area contributed by atoms with Gasteiger partial charge in [-0.3, -0.25) is 4.57 Å². The third-order valence-corrected chi connectivity index (χ3v) is 5.44. The average molecular weight is 458 g/mol. The Morgan fingerprint density at radius 2 is 1.64 bits per heavy atom. The van der Waals surface area contributed by atoms with Gasteiger partial charge in [0.1, 0.15) is 5.82 Å². The van der Waals surface area contributed by atoms with Crippen LogP contribution in [0.15, 0.2) is 41.2 Å². The van der Waals surface area contributed by atoms with Crippen LogP contribution in [0.5, 0.6) is 0 Å². The van der Waals surface area contributed by atoms with Crippen molar-refractivity contribution in [3.05, 3.63) is 52.7 Å². The molecule has 3 N–H and O–H groups in total. The molecule has 1 aromatic heterocycles. The normalized spacial score (nSPS) is 13.1. The SMILES string of the molecule is CC.CCCC.CCCn1c(=O)[nH]c2cc(Nc3ccccc3F)c(N3CCNCC3)cc21. The number of aryl methyl sites for hydroxylation is 1. The largest absolute Gasteiger partial charge is 0.367 e. The van der Waals surface area contributed by atoms with Crippen molar-refractivity contribution in [3.63, 3.8) is 0 Å². The van der Waals surface area contributed by atoms with E-state index in [1.54, 1.807) is 22.8 Å². The van der Waals surface area contributed by atoms with Crippen LogP contribution in [0.1, 0.15) is 53.9 Å². The molecule has 7 heteroatoms. The molecule has 0 unspecified atom stereocenters.